The average molecular weight is 294 g/mol. The molecular weight excluding hydrogens is 280 g/mol. The SMILES string of the molecule is Cc1nc(CNC(=O)CCC(=O)c2cccs2)cs1. The number of rotatable bonds is 6. The lowest BCUT2D eigenvalue weighted by Crippen LogP contribution is -2.23. The zero-order valence-corrected chi connectivity index (χ0v) is 12.1. The van der Waals surface area contributed by atoms with Gasteiger partial charge in [0, 0.05) is 18.2 Å². The van der Waals surface area contributed by atoms with E-state index in [4.69, 9.17) is 0 Å². The fourth-order valence-electron chi connectivity index (χ4n) is 1.55. The van der Waals surface area contributed by atoms with Crippen LogP contribution in [0.15, 0.2) is 22.9 Å². The Morgan fingerprint density at radius 3 is 2.79 bits per heavy atom. The summed E-state index contributed by atoms with van der Waals surface area (Å²) in [5.41, 5.74) is 0.862. The standard InChI is InChI=1S/C13H14N2O2S2/c1-9-15-10(8-19-9)7-14-13(17)5-4-11(16)12-3-2-6-18-12/h2-3,6,8H,4-5,7H2,1H3,(H,14,17). The van der Waals surface area contributed by atoms with Crippen LogP contribution < -0.4 is 5.32 Å². The Bertz CT molecular complexity index is 561. The third-order valence-corrected chi connectivity index (χ3v) is 4.24. The van der Waals surface area contributed by atoms with Gasteiger partial charge in [-0.1, -0.05) is 6.07 Å². The number of thiazole rings is 1. The van der Waals surface area contributed by atoms with Crippen molar-refractivity contribution in [1.29, 1.82) is 0 Å². The van der Waals surface area contributed by atoms with Crippen molar-refractivity contribution in [2.24, 2.45) is 0 Å². The molecule has 2 heterocycles. The van der Waals surface area contributed by atoms with Crippen LogP contribution in [0.5, 0.6) is 0 Å². The first-order chi connectivity index (χ1) is 9.15. The van der Waals surface area contributed by atoms with Crippen molar-refractivity contribution >= 4 is 34.4 Å². The molecule has 19 heavy (non-hydrogen) atoms. The number of thiophene rings is 1. The van der Waals surface area contributed by atoms with Gasteiger partial charge in [-0.15, -0.1) is 22.7 Å². The van der Waals surface area contributed by atoms with E-state index in [2.05, 4.69) is 10.3 Å². The van der Waals surface area contributed by atoms with Gasteiger partial charge in [-0.3, -0.25) is 9.59 Å². The van der Waals surface area contributed by atoms with Gasteiger partial charge in [-0.2, -0.15) is 0 Å². The number of carbonyl (C=O) groups excluding carboxylic acids is 2. The number of Topliss-reactive ketones (excluding diaryl/α,β-unsaturated/α-hetero) is 1. The monoisotopic (exact) mass is 294 g/mol. The molecule has 0 bridgehead atoms. The van der Waals surface area contributed by atoms with Gasteiger partial charge in [0.25, 0.3) is 0 Å². The molecule has 0 saturated heterocycles. The summed E-state index contributed by atoms with van der Waals surface area (Å²) in [5, 5.41) is 7.53. The number of hydrogen-bond acceptors (Lipinski definition) is 5. The average Bonchev–Trinajstić information content (AvgIpc) is 3.04. The zero-order chi connectivity index (χ0) is 13.7. The lowest BCUT2D eigenvalue weighted by Gasteiger charge is -2.02. The van der Waals surface area contributed by atoms with Gasteiger partial charge in [-0.25, -0.2) is 4.98 Å². The highest BCUT2D eigenvalue weighted by atomic mass is 32.1. The Balaban J connectivity index is 1.71. The number of carbonyl (C=O) groups is 2. The molecule has 2 aromatic heterocycles. The second kappa shape index (κ2) is 6.58. The van der Waals surface area contributed by atoms with E-state index in [1.165, 1.54) is 11.3 Å². The molecule has 2 rings (SSSR count). The molecule has 4 nitrogen and oxygen atoms in total. The van der Waals surface area contributed by atoms with E-state index in [1.807, 2.05) is 23.8 Å². The van der Waals surface area contributed by atoms with Gasteiger partial charge in [0.1, 0.15) is 0 Å². The molecule has 0 aliphatic rings. The minimum Gasteiger partial charge on any atom is -0.350 e. The Morgan fingerprint density at radius 2 is 2.16 bits per heavy atom. The van der Waals surface area contributed by atoms with Crippen LogP contribution in [-0.2, 0) is 11.3 Å². The molecule has 0 saturated carbocycles. The summed E-state index contributed by atoms with van der Waals surface area (Å²) in [7, 11) is 0. The third kappa shape index (κ3) is 4.25. The zero-order valence-electron chi connectivity index (χ0n) is 10.5. The number of aryl methyl sites for hydroxylation is 1. The summed E-state index contributed by atoms with van der Waals surface area (Å²) in [6.07, 6.45) is 0.474. The Labute approximate surface area is 119 Å². The molecule has 6 heteroatoms. The molecule has 0 aromatic carbocycles. The van der Waals surface area contributed by atoms with Gasteiger partial charge < -0.3 is 5.32 Å². The molecule has 0 aliphatic carbocycles. The first kappa shape index (κ1) is 13.9. The molecule has 1 amide bonds. The fraction of sp³-hybridized carbons (Fsp3) is 0.308. The maximum absolute atomic E-state index is 11.7. The van der Waals surface area contributed by atoms with Crippen molar-refractivity contribution in [2.45, 2.75) is 26.3 Å². The summed E-state index contributed by atoms with van der Waals surface area (Å²) < 4.78 is 0. The molecule has 0 spiro atoms. The third-order valence-electron chi connectivity index (χ3n) is 2.51. The highest BCUT2D eigenvalue weighted by molar-refractivity contribution is 7.12. The number of nitrogens with zero attached hydrogens (tertiary/aromatic N) is 1. The number of hydrogen-bond donors (Lipinski definition) is 1. The first-order valence-corrected chi connectivity index (χ1v) is 7.65. The maximum atomic E-state index is 11.7. The molecule has 1 N–H and O–H groups in total. The molecule has 100 valence electrons. The van der Waals surface area contributed by atoms with Crippen LogP contribution >= 0.6 is 22.7 Å². The highest BCUT2D eigenvalue weighted by Crippen LogP contribution is 2.12. The Kier molecular flexibility index (Phi) is 4.81. The molecule has 0 fully saturated rings. The summed E-state index contributed by atoms with van der Waals surface area (Å²) in [4.78, 5) is 28.3. The number of aromatic nitrogens is 1. The lowest BCUT2D eigenvalue weighted by molar-refractivity contribution is -0.121. The number of amides is 1. The highest BCUT2D eigenvalue weighted by Gasteiger charge is 2.10. The maximum Gasteiger partial charge on any atom is 0.220 e. The van der Waals surface area contributed by atoms with Crippen molar-refractivity contribution in [3.63, 3.8) is 0 Å². The van der Waals surface area contributed by atoms with Crippen LogP contribution in [0.3, 0.4) is 0 Å². The van der Waals surface area contributed by atoms with Gasteiger partial charge in [-0.05, 0) is 18.4 Å². The van der Waals surface area contributed by atoms with E-state index in [0.29, 0.717) is 11.4 Å². The second-order valence-corrected chi connectivity index (χ2v) is 6.04. The van der Waals surface area contributed by atoms with Crippen molar-refractivity contribution < 1.29 is 9.59 Å². The van der Waals surface area contributed by atoms with Crippen LogP contribution in [0.25, 0.3) is 0 Å². The van der Waals surface area contributed by atoms with E-state index in [9.17, 15) is 9.59 Å². The van der Waals surface area contributed by atoms with Crippen molar-refractivity contribution in [3.8, 4) is 0 Å². The van der Waals surface area contributed by atoms with E-state index >= 15 is 0 Å². The van der Waals surface area contributed by atoms with E-state index in [1.54, 1.807) is 17.4 Å². The van der Waals surface area contributed by atoms with Gasteiger partial charge in [0.15, 0.2) is 5.78 Å². The normalized spacial score (nSPS) is 10.4. The minimum atomic E-state index is -0.115. The minimum absolute atomic E-state index is 0.0228. The van der Waals surface area contributed by atoms with Gasteiger partial charge in [0.2, 0.25) is 5.91 Å². The molecule has 0 radical (unpaired) electrons. The van der Waals surface area contributed by atoms with Crippen LogP contribution in [0.2, 0.25) is 0 Å². The second-order valence-electron chi connectivity index (χ2n) is 4.04. The predicted molar refractivity (Wildman–Crippen MR) is 76.6 cm³/mol. The Hall–Kier alpha value is -1.53. The Morgan fingerprint density at radius 1 is 1.32 bits per heavy atom. The summed E-state index contributed by atoms with van der Waals surface area (Å²) >= 11 is 2.96. The fourth-order valence-corrected chi connectivity index (χ4v) is 2.86. The van der Waals surface area contributed by atoms with Crippen molar-refractivity contribution in [2.75, 3.05) is 0 Å². The lowest BCUT2D eigenvalue weighted by atomic mass is 10.2. The van der Waals surface area contributed by atoms with Gasteiger partial charge in [0.05, 0.1) is 22.1 Å². The predicted octanol–water partition coefficient (Wildman–Crippen LogP) is 2.79. The topological polar surface area (TPSA) is 59.1 Å². The molecule has 0 aliphatic heterocycles. The number of ketones is 1. The molecular formula is C13H14N2O2S2. The first-order valence-electron chi connectivity index (χ1n) is 5.89. The summed E-state index contributed by atoms with van der Waals surface area (Å²) in [6, 6.07) is 3.62. The van der Waals surface area contributed by atoms with Crippen molar-refractivity contribution in [1.82, 2.24) is 10.3 Å². The number of nitrogens with one attached hydrogen (secondary N) is 1. The van der Waals surface area contributed by atoms with E-state index < -0.39 is 0 Å². The summed E-state index contributed by atoms with van der Waals surface area (Å²) in [6.45, 7) is 2.35. The van der Waals surface area contributed by atoms with E-state index in [0.717, 1.165) is 10.7 Å². The molecule has 0 unspecified atom stereocenters. The van der Waals surface area contributed by atoms with Crippen molar-refractivity contribution in [3.05, 3.63) is 38.5 Å². The van der Waals surface area contributed by atoms with Crippen LogP contribution in [-0.4, -0.2) is 16.7 Å². The molecule has 2 aromatic rings. The van der Waals surface area contributed by atoms with Crippen LogP contribution in [0, 0.1) is 6.92 Å². The summed E-state index contributed by atoms with van der Waals surface area (Å²) in [5.74, 6) is -0.0924. The van der Waals surface area contributed by atoms with E-state index in [-0.39, 0.29) is 24.5 Å². The smallest absolute Gasteiger partial charge is 0.220 e. The van der Waals surface area contributed by atoms with Crippen LogP contribution in [0.4, 0.5) is 0 Å². The quantitative estimate of drug-likeness (QED) is 0.833. The largest absolute Gasteiger partial charge is 0.350 e. The van der Waals surface area contributed by atoms with Crippen LogP contribution in [0.1, 0.15) is 33.2 Å². The van der Waals surface area contributed by atoms with Gasteiger partial charge >= 0.3 is 0 Å². The molecule has 0 atom stereocenters.